The zero-order valence-electron chi connectivity index (χ0n) is 20.4. The molecule has 0 spiro atoms. The van der Waals surface area contributed by atoms with E-state index in [-0.39, 0.29) is 13.0 Å². The quantitative estimate of drug-likeness (QED) is 0.263. The number of aliphatic hydroxyl groups is 1. The molecule has 2 amide bonds. The van der Waals surface area contributed by atoms with Crippen molar-refractivity contribution in [2.45, 2.75) is 44.6 Å². The maximum atomic E-state index is 13.1. The lowest BCUT2D eigenvalue weighted by molar-refractivity contribution is -0.132. The topological polar surface area (TPSA) is 140 Å². The number of amides is 2. The van der Waals surface area contributed by atoms with Gasteiger partial charge in [0, 0.05) is 13.1 Å². The van der Waals surface area contributed by atoms with E-state index in [2.05, 4.69) is 10.6 Å². The highest BCUT2D eigenvalue weighted by Gasteiger charge is 2.31. The predicted molar refractivity (Wildman–Crippen MR) is 139 cm³/mol. The maximum Gasteiger partial charge on any atom is 0.245 e. The van der Waals surface area contributed by atoms with Gasteiger partial charge in [0.05, 0.1) is 12.6 Å². The van der Waals surface area contributed by atoms with Crippen molar-refractivity contribution >= 4 is 11.8 Å². The van der Waals surface area contributed by atoms with Crippen LogP contribution in [0.3, 0.4) is 0 Å². The van der Waals surface area contributed by atoms with Gasteiger partial charge in [-0.2, -0.15) is 0 Å². The molecule has 0 aromatic heterocycles. The summed E-state index contributed by atoms with van der Waals surface area (Å²) >= 11 is 0. The summed E-state index contributed by atoms with van der Waals surface area (Å²) in [4.78, 5) is 26.1. The Morgan fingerprint density at radius 1 is 0.889 bits per heavy atom. The van der Waals surface area contributed by atoms with Gasteiger partial charge in [0.25, 0.3) is 0 Å². The fourth-order valence-electron chi connectivity index (χ4n) is 3.72. The molecule has 0 saturated carbocycles. The third-order valence-electron chi connectivity index (χ3n) is 5.79. The Labute approximate surface area is 211 Å². The Hall–Kier alpha value is -3.72. The second-order valence-corrected chi connectivity index (χ2v) is 8.47. The summed E-state index contributed by atoms with van der Waals surface area (Å²) in [7, 11) is 0. The van der Waals surface area contributed by atoms with Crippen LogP contribution in [0.5, 0.6) is 5.75 Å². The predicted octanol–water partition coefficient (Wildman–Crippen LogP) is 1.95. The first kappa shape index (κ1) is 26.9. The van der Waals surface area contributed by atoms with Crippen molar-refractivity contribution in [1.82, 2.24) is 10.6 Å². The van der Waals surface area contributed by atoms with E-state index in [1.165, 1.54) is 0 Å². The van der Waals surface area contributed by atoms with Gasteiger partial charge in [-0.05, 0) is 47.7 Å². The molecule has 0 saturated heterocycles. The van der Waals surface area contributed by atoms with E-state index in [9.17, 15) is 14.7 Å². The molecular formula is C28H34N4O4. The molecule has 7 N–H and O–H groups in total. The van der Waals surface area contributed by atoms with Crippen LogP contribution in [0, 0.1) is 0 Å². The summed E-state index contributed by atoms with van der Waals surface area (Å²) < 4.78 is 5.44. The van der Waals surface area contributed by atoms with Crippen molar-refractivity contribution in [2.75, 3.05) is 6.61 Å². The van der Waals surface area contributed by atoms with Gasteiger partial charge in [-0.1, -0.05) is 66.7 Å². The molecule has 190 valence electrons. The van der Waals surface area contributed by atoms with Crippen molar-refractivity contribution in [1.29, 1.82) is 0 Å². The van der Waals surface area contributed by atoms with Crippen LogP contribution in [0.1, 0.15) is 35.3 Å². The molecule has 0 aliphatic rings. The minimum absolute atomic E-state index is 0.232. The first-order valence-corrected chi connectivity index (χ1v) is 12.0. The van der Waals surface area contributed by atoms with Crippen LogP contribution < -0.4 is 26.8 Å². The highest BCUT2D eigenvalue weighted by molar-refractivity contribution is 5.90. The van der Waals surface area contributed by atoms with Crippen molar-refractivity contribution in [3.63, 3.8) is 0 Å². The van der Waals surface area contributed by atoms with Crippen LogP contribution in [0.25, 0.3) is 0 Å². The average molecular weight is 491 g/mol. The second-order valence-electron chi connectivity index (χ2n) is 8.47. The number of benzene rings is 3. The van der Waals surface area contributed by atoms with E-state index in [0.29, 0.717) is 18.7 Å². The number of carbonyl (C=O) groups excluding carboxylic acids is 2. The number of ether oxygens (including phenoxy) is 1. The zero-order valence-corrected chi connectivity index (χ0v) is 20.4. The lowest BCUT2D eigenvalue weighted by atomic mass is 10.00. The molecule has 3 atom stereocenters. The SMILES string of the molecule is CCOc1ccc(CC(N)C(=O)N[C@@H](C(=O)NCc2ccc(CN)cc2)[C@@H](O)c2ccccc2)cc1. The molecule has 3 aromatic rings. The normalized spacial score (nSPS) is 13.3. The van der Waals surface area contributed by atoms with Gasteiger partial charge >= 0.3 is 0 Å². The molecule has 0 heterocycles. The van der Waals surface area contributed by atoms with Crippen LogP contribution >= 0.6 is 0 Å². The highest BCUT2D eigenvalue weighted by Crippen LogP contribution is 2.18. The molecular weight excluding hydrogens is 456 g/mol. The largest absolute Gasteiger partial charge is 0.494 e. The van der Waals surface area contributed by atoms with Crippen LogP contribution in [0.15, 0.2) is 78.9 Å². The van der Waals surface area contributed by atoms with Gasteiger partial charge in [0.1, 0.15) is 17.9 Å². The van der Waals surface area contributed by atoms with Crippen LogP contribution in [0.4, 0.5) is 0 Å². The van der Waals surface area contributed by atoms with Crippen LogP contribution in [0.2, 0.25) is 0 Å². The maximum absolute atomic E-state index is 13.1. The van der Waals surface area contributed by atoms with Crippen molar-refractivity contribution in [3.05, 3.63) is 101 Å². The molecule has 0 aliphatic heterocycles. The summed E-state index contributed by atoms with van der Waals surface area (Å²) in [6, 6.07) is 21.4. The Balaban J connectivity index is 1.68. The fourth-order valence-corrected chi connectivity index (χ4v) is 3.72. The molecule has 0 radical (unpaired) electrons. The second kappa shape index (κ2) is 13.4. The minimum Gasteiger partial charge on any atom is -0.494 e. The Kier molecular flexibility index (Phi) is 10.00. The first-order chi connectivity index (χ1) is 17.4. The minimum atomic E-state index is -1.26. The smallest absolute Gasteiger partial charge is 0.245 e. The van der Waals surface area contributed by atoms with E-state index in [4.69, 9.17) is 16.2 Å². The monoisotopic (exact) mass is 490 g/mol. The lowest BCUT2D eigenvalue weighted by Crippen LogP contribution is -2.54. The van der Waals surface area contributed by atoms with Gasteiger partial charge in [-0.3, -0.25) is 9.59 Å². The summed E-state index contributed by atoms with van der Waals surface area (Å²) in [5.74, 6) is -0.318. The van der Waals surface area contributed by atoms with Crippen molar-refractivity contribution in [2.24, 2.45) is 11.5 Å². The molecule has 8 nitrogen and oxygen atoms in total. The standard InChI is InChI=1S/C28H34N4O4/c1-2-36-23-14-12-19(13-15-23)16-24(30)27(34)32-25(26(33)22-6-4-3-5-7-22)28(35)31-18-21-10-8-20(17-29)9-11-21/h3-15,24-26,33H,2,16-18,29-30H2,1H3,(H,31,35)(H,32,34)/t24?,25-,26+/m1/s1. The Morgan fingerprint density at radius 2 is 1.50 bits per heavy atom. The van der Waals surface area contributed by atoms with E-state index in [1.807, 2.05) is 61.5 Å². The van der Waals surface area contributed by atoms with Gasteiger partial charge in [0.2, 0.25) is 11.8 Å². The molecule has 0 aliphatic carbocycles. The Bertz CT molecular complexity index is 1100. The molecule has 0 fully saturated rings. The number of nitrogens with one attached hydrogen (secondary N) is 2. The molecule has 0 bridgehead atoms. The summed E-state index contributed by atoms with van der Waals surface area (Å²) in [5, 5.41) is 16.4. The van der Waals surface area contributed by atoms with Crippen molar-refractivity contribution in [3.8, 4) is 5.75 Å². The molecule has 36 heavy (non-hydrogen) atoms. The number of carbonyl (C=O) groups is 2. The van der Waals surface area contributed by atoms with Gasteiger partial charge < -0.3 is 31.9 Å². The Morgan fingerprint density at radius 3 is 2.11 bits per heavy atom. The third-order valence-corrected chi connectivity index (χ3v) is 5.79. The number of aliphatic hydroxyl groups excluding tert-OH is 1. The number of hydrogen-bond donors (Lipinski definition) is 5. The van der Waals surface area contributed by atoms with E-state index in [1.54, 1.807) is 24.3 Å². The highest BCUT2D eigenvalue weighted by atomic mass is 16.5. The summed E-state index contributed by atoms with van der Waals surface area (Å²) in [5.41, 5.74) is 15.0. The van der Waals surface area contributed by atoms with E-state index in [0.717, 1.165) is 22.4 Å². The van der Waals surface area contributed by atoms with Gasteiger partial charge in [-0.25, -0.2) is 0 Å². The first-order valence-electron chi connectivity index (χ1n) is 12.0. The number of nitrogens with two attached hydrogens (primary N) is 2. The lowest BCUT2D eigenvalue weighted by Gasteiger charge is -2.25. The molecule has 1 unspecified atom stereocenters. The molecule has 8 heteroatoms. The average Bonchev–Trinajstić information content (AvgIpc) is 2.91. The summed E-state index contributed by atoms with van der Waals surface area (Å²) in [6.45, 7) is 3.13. The van der Waals surface area contributed by atoms with E-state index < -0.39 is 30.0 Å². The third kappa shape index (κ3) is 7.64. The fraction of sp³-hybridized carbons (Fsp3) is 0.286. The van der Waals surface area contributed by atoms with E-state index >= 15 is 0 Å². The van der Waals surface area contributed by atoms with Crippen LogP contribution in [-0.2, 0) is 29.1 Å². The number of rotatable bonds is 12. The molecule has 3 aromatic carbocycles. The zero-order chi connectivity index (χ0) is 25.9. The van der Waals surface area contributed by atoms with Crippen LogP contribution in [-0.4, -0.2) is 35.6 Å². The summed E-state index contributed by atoms with van der Waals surface area (Å²) in [6.07, 6.45) is -0.992. The molecule has 3 rings (SSSR count). The number of hydrogen-bond acceptors (Lipinski definition) is 6. The van der Waals surface area contributed by atoms with Gasteiger partial charge in [-0.15, -0.1) is 0 Å². The van der Waals surface area contributed by atoms with Crippen molar-refractivity contribution < 1.29 is 19.4 Å². The van der Waals surface area contributed by atoms with Gasteiger partial charge in [0.15, 0.2) is 0 Å².